The van der Waals surface area contributed by atoms with Crippen LogP contribution in [0.25, 0.3) is 11.4 Å². The molecule has 2 rings (SSSR count). The van der Waals surface area contributed by atoms with Crippen LogP contribution in [0.1, 0.15) is 32.5 Å². The highest BCUT2D eigenvalue weighted by molar-refractivity contribution is 5.57. The number of hydrogen-bond donors (Lipinski definition) is 1. The summed E-state index contributed by atoms with van der Waals surface area (Å²) in [7, 11) is 0. The Bertz CT molecular complexity index is 510. The maximum atomic E-state index is 4.53. The fraction of sp³-hybridized carbons (Fsp3) is 0.385. The lowest BCUT2D eigenvalue weighted by atomic mass is 10.2. The summed E-state index contributed by atoms with van der Waals surface area (Å²) in [5, 5.41) is 3.21. The zero-order chi connectivity index (χ0) is 13.0. The summed E-state index contributed by atoms with van der Waals surface area (Å²) in [5.41, 5.74) is 1.57. The van der Waals surface area contributed by atoms with Gasteiger partial charge in [0.05, 0.1) is 11.9 Å². The first-order valence-corrected chi connectivity index (χ1v) is 6.10. The second kappa shape index (κ2) is 5.53. The minimum absolute atomic E-state index is 0.277. The SMILES string of the molecule is CCNc1cc(-c2cnccn2)nc(C(C)C)n1. The van der Waals surface area contributed by atoms with Gasteiger partial charge >= 0.3 is 0 Å². The fourth-order valence-electron chi connectivity index (χ4n) is 1.56. The van der Waals surface area contributed by atoms with Crippen LogP contribution in [-0.2, 0) is 0 Å². The number of nitrogens with one attached hydrogen (secondary N) is 1. The van der Waals surface area contributed by atoms with Gasteiger partial charge in [-0.05, 0) is 6.92 Å². The summed E-state index contributed by atoms with van der Waals surface area (Å²) in [5.74, 6) is 1.92. The monoisotopic (exact) mass is 243 g/mol. The second-order valence-corrected chi connectivity index (χ2v) is 4.27. The molecule has 0 aromatic carbocycles. The van der Waals surface area contributed by atoms with Gasteiger partial charge in [-0.2, -0.15) is 0 Å². The van der Waals surface area contributed by atoms with Crippen LogP contribution in [0.2, 0.25) is 0 Å². The van der Waals surface area contributed by atoms with E-state index in [1.807, 2.05) is 13.0 Å². The highest BCUT2D eigenvalue weighted by Crippen LogP contribution is 2.20. The largest absolute Gasteiger partial charge is 0.370 e. The molecule has 2 aromatic rings. The van der Waals surface area contributed by atoms with Crippen molar-refractivity contribution in [3.05, 3.63) is 30.5 Å². The van der Waals surface area contributed by atoms with Gasteiger partial charge in [0.2, 0.25) is 0 Å². The standard InChI is InChI=1S/C13H17N5/c1-4-15-12-7-10(11-8-14-5-6-16-11)17-13(18-12)9(2)3/h5-9H,4H2,1-3H3,(H,15,17,18). The Balaban J connectivity index is 2.46. The molecule has 2 aromatic heterocycles. The first kappa shape index (κ1) is 12.4. The number of nitrogens with zero attached hydrogens (tertiary/aromatic N) is 4. The first-order chi connectivity index (χ1) is 8.70. The molecular formula is C13H17N5. The van der Waals surface area contributed by atoms with Crippen molar-refractivity contribution in [3.8, 4) is 11.4 Å². The van der Waals surface area contributed by atoms with E-state index in [0.717, 1.165) is 29.6 Å². The molecule has 2 heterocycles. The van der Waals surface area contributed by atoms with E-state index in [1.54, 1.807) is 18.6 Å². The minimum atomic E-state index is 0.277. The predicted octanol–water partition coefficient (Wildman–Crippen LogP) is 2.49. The Labute approximate surface area is 107 Å². The van der Waals surface area contributed by atoms with E-state index in [-0.39, 0.29) is 5.92 Å². The molecule has 0 radical (unpaired) electrons. The van der Waals surface area contributed by atoms with Gasteiger partial charge in [0.25, 0.3) is 0 Å². The molecule has 5 heteroatoms. The maximum absolute atomic E-state index is 4.53. The molecular weight excluding hydrogens is 226 g/mol. The molecule has 0 saturated heterocycles. The Morgan fingerprint density at radius 2 is 2.00 bits per heavy atom. The summed E-state index contributed by atoms with van der Waals surface area (Å²) >= 11 is 0. The van der Waals surface area contributed by atoms with Gasteiger partial charge in [-0.25, -0.2) is 9.97 Å². The van der Waals surface area contributed by atoms with E-state index in [1.165, 1.54) is 0 Å². The van der Waals surface area contributed by atoms with Gasteiger partial charge in [0.1, 0.15) is 17.3 Å². The Kier molecular flexibility index (Phi) is 3.82. The van der Waals surface area contributed by atoms with Gasteiger partial charge in [-0.15, -0.1) is 0 Å². The zero-order valence-corrected chi connectivity index (χ0v) is 10.9. The van der Waals surface area contributed by atoms with Crippen LogP contribution in [-0.4, -0.2) is 26.5 Å². The second-order valence-electron chi connectivity index (χ2n) is 4.27. The lowest BCUT2D eigenvalue weighted by molar-refractivity contribution is 0.776. The number of rotatable bonds is 4. The molecule has 0 aliphatic carbocycles. The Morgan fingerprint density at radius 3 is 2.61 bits per heavy atom. The molecule has 0 saturated carbocycles. The summed E-state index contributed by atoms with van der Waals surface area (Å²) < 4.78 is 0. The van der Waals surface area contributed by atoms with E-state index >= 15 is 0 Å². The Morgan fingerprint density at radius 1 is 1.17 bits per heavy atom. The average molecular weight is 243 g/mol. The van der Waals surface area contributed by atoms with Crippen LogP contribution in [0.5, 0.6) is 0 Å². The van der Waals surface area contributed by atoms with Crippen molar-refractivity contribution in [1.82, 2.24) is 19.9 Å². The summed E-state index contributed by atoms with van der Waals surface area (Å²) in [6.07, 6.45) is 5.03. The van der Waals surface area contributed by atoms with Crippen molar-refractivity contribution in [3.63, 3.8) is 0 Å². The fourth-order valence-corrected chi connectivity index (χ4v) is 1.56. The van der Waals surface area contributed by atoms with E-state index in [9.17, 15) is 0 Å². The first-order valence-electron chi connectivity index (χ1n) is 6.10. The van der Waals surface area contributed by atoms with E-state index in [4.69, 9.17) is 0 Å². The van der Waals surface area contributed by atoms with Crippen LogP contribution in [0.4, 0.5) is 5.82 Å². The van der Waals surface area contributed by atoms with Crippen LogP contribution < -0.4 is 5.32 Å². The van der Waals surface area contributed by atoms with E-state index in [0.29, 0.717) is 0 Å². The number of hydrogen-bond acceptors (Lipinski definition) is 5. The summed E-state index contributed by atoms with van der Waals surface area (Å²) in [6, 6.07) is 1.90. The molecule has 0 aliphatic heterocycles. The van der Waals surface area contributed by atoms with Crippen molar-refractivity contribution >= 4 is 5.82 Å². The van der Waals surface area contributed by atoms with E-state index in [2.05, 4.69) is 39.1 Å². The third kappa shape index (κ3) is 2.80. The quantitative estimate of drug-likeness (QED) is 0.893. The number of aromatic nitrogens is 4. The zero-order valence-electron chi connectivity index (χ0n) is 10.9. The lowest BCUT2D eigenvalue weighted by Gasteiger charge is -2.10. The topological polar surface area (TPSA) is 63.6 Å². The molecule has 1 N–H and O–H groups in total. The van der Waals surface area contributed by atoms with Crippen molar-refractivity contribution < 1.29 is 0 Å². The van der Waals surface area contributed by atoms with Crippen molar-refractivity contribution in [2.75, 3.05) is 11.9 Å². The number of anilines is 1. The highest BCUT2D eigenvalue weighted by atomic mass is 15.0. The van der Waals surface area contributed by atoms with Crippen LogP contribution >= 0.6 is 0 Å². The Hall–Kier alpha value is -2.04. The summed E-state index contributed by atoms with van der Waals surface area (Å²) in [6.45, 7) is 7.02. The molecule has 0 aliphatic rings. The normalized spacial score (nSPS) is 10.7. The summed E-state index contributed by atoms with van der Waals surface area (Å²) in [4.78, 5) is 17.3. The van der Waals surface area contributed by atoms with Crippen LogP contribution in [0.3, 0.4) is 0 Å². The van der Waals surface area contributed by atoms with Crippen LogP contribution in [0, 0.1) is 0 Å². The van der Waals surface area contributed by atoms with Crippen LogP contribution in [0.15, 0.2) is 24.7 Å². The smallest absolute Gasteiger partial charge is 0.134 e. The van der Waals surface area contributed by atoms with Gasteiger partial charge < -0.3 is 5.32 Å². The van der Waals surface area contributed by atoms with Gasteiger partial charge in [0, 0.05) is 30.9 Å². The third-order valence-corrected chi connectivity index (χ3v) is 2.44. The third-order valence-electron chi connectivity index (χ3n) is 2.44. The molecule has 18 heavy (non-hydrogen) atoms. The van der Waals surface area contributed by atoms with Gasteiger partial charge in [-0.3, -0.25) is 9.97 Å². The van der Waals surface area contributed by atoms with E-state index < -0.39 is 0 Å². The predicted molar refractivity (Wildman–Crippen MR) is 71.3 cm³/mol. The van der Waals surface area contributed by atoms with Crippen molar-refractivity contribution in [2.24, 2.45) is 0 Å². The molecule has 5 nitrogen and oxygen atoms in total. The molecule has 0 bridgehead atoms. The van der Waals surface area contributed by atoms with Crippen molar-refractivity contribution in [1.29, 1.82) is 0 Å². The highest BCUT2D eigenvalue weighted by Gasteiger charge is 2.09. The molecule has 0 atom stereocenters. The van der Waals surface area contributed by atoms with Gasteiger partial charge in [-0.1, -0.05) is 13.8 Å². The maximum Gasteiger partial charge on any atom is 0.134 e. The molecule has 0 amide bonds. The molecule has 0 fully saturated rings. The minimum Gasteiger partial charge on any atom is -0.370 e. The molecule has 0 spiro atoms. The lowest BCUT2D eigenvalue weighted by Crippen LogP contribution is -2.06. The van der Waals surface area contributed by atoms with Crippen molar-refractivity contribution in [2.45, 2.75) is 26.7 Å². The average Bonchev–Trinajstić information content (AvgIpc) is 2.40. The molecule has 0 unspecified atom stereocenters. The molecule has 94 valence electrons. The van der Waals surface area contributed by atoms with Gasteiger partial charge in [0.15, 0.2) is 0 Å².